The SMILES string of the molecule is Cc1cc(Nc2c(C(C)C)cccc2C(C)C)c(Nc2c(C(C)C)cccc2C(C)C)cc1C. The molecule has 0 amide bonds. The molecule has 182 valence electrons. The average molecular weight is 457 g/mol. The fourth-order valence-electron chi connectivity index (χ4n) is 4.68. The third-order valence-electron chi connectivity index (χ3n) is 6.90. The number of hydrogen-bond donors (Lipinski definition) is 2. The zero-order valence-electron chi connectivity index (χ0n) is 22.9. The van der Waals surface area contributed by atoms with E-state index in [1.54, 1.807) is 0 Å². The Kier molecular flexibility index (Phi) is 8.13. The number of rotatable bonds is 8. The van der Waals surface area contributed by atoms with Crippen LogP contribution >= 0.6 is 0 Å². The van der Waals surface area contributed by atoms with Gasteiger partial charge in [-0.15, -0.1) is 0 Å². The van der Waals surface area contributed by atoms with Gasteiger partial charge < -0.3 is 10.6 Å². The molecule has 0 saturated carbocycles. The first kappa shape index (κ1) is 25.9. The Bertz CT molecular complexity index is 993. The van der Waals surface area contributed by atoms with Crippen molar-refractivity contribution in [2.45, 2.75) is 92.9 Å². The van der Waals surface area contributed by atoms with Crippen LogP contribution in [0.1, 0.15) is 112 Å². The number of nitrogens with one attached hydrogen (secondary N) is 2. The minimum absolute atomic E-state index is 0.443. The molecule has 0 aromatic heterocycles. The Morgan fingerprint density at radius 3 is 0.971 bits per heavy atom. The maximum atomic E-state index is 3.90. The Balaban J connectivity index is 2.19. The highest BCUT2D eigenvalue weighted by Gasteiger charge is 2.18. The summed E-state index contributed by atoms with van der Waals surface area (Å²) in [4.78, 5) is 0. The first-order chi connectivity index (χ1) is 16.0. The van der Waals surface area contributed by atoms with Gasteiger partial charge in [0.25, 0.3) is 0 Å². The monoisotopic (exact) mass is 456 g/mol. The molecule has 0 saturated heterocycles. The second-order valence-corrected chi connectivity index (χ2v) is 11.0. The first-order valence-corrected chi connectivity index (χ1v) is 12.9. The van der Waals surface area contributed by atoms with Gasteiger partial charge in [-0.05, 0) is 83.0 Å². The van der Waals surface area contributed by atoms with Crippen molar-refractivity contribution in [1.29, 1.82) is 0 Å². The van der Waals surface area contributed by atoms with Crippen molar-refractivity contribution < 1.29 is 0 Å². The van der Waals surface area contributed by atoms with Crippen LogP contribution in [0.2, 0.25) is 0 Å². The smallest absolute Gasteiger partial charge is 0.0626 e. The van der Waals surface area contributed by atoms with Gasteiger partial charge in [-0.1, -0.05) is 91.8 Å². The van der Waals surface area contributed by atoms with E-state index >= 15 is 0 Å². The molecule has 2 N–H and O–H groups in total. The van der Waals surface area contributed by atoms with Gasteiger partial charge in [0.2, 0.25) is 0 Å². The lowest BCUT2D eigenvalue weighted by molar-refractivity contribution is 0.837. The van der Waals surface area contributed by atoms with E-state index in [9.17, 15) is 0 Å². The fraction of sp³-hybridized carbons (Fsp3) is 0.438. The summed E-state index contributed by atoms with van der Waals surface area (Å²) in [6.07, 6.45) is 0. The van der Waals surface area contributed by atoms with Crippen LogP contribution in [-0.2, 0) is 0 Å². The normalized spacial score (nSPS) is 11.7. The van der Waals surface area contributed by atoms with Gasteiger partial charge in [0.15, 0.2) is 0 Å². The quantitative estimate of drug-likeness (QED) is 0.352. The molecule has 0 atom stereocenters. The molecule has 34 heavy (non-hydrogen) atoms. The maximum Gasteiger partial charge on any atom is 0.0626 e. The molecule has 0 aliphatic heterocycles. The van der Waals surface area contributed by atoms with Crippen LogP contribution in [0.4, 0.5) is 22.7 Å². The van der Waals surface area contributed by atoms with E-state index in [4.69, 9.17) is 0 Å². The third kappa shape index (κ3) is 5.49. The Morgan fingerprint density at radius 2 is 0.735 bits per heavy atom. The molecule has 0 unspecified atom stereocenters. The van der Waals surface area contributed by atoms with Gasteiger partial charge in [0, 0.05) is 11.4 Å². The number of anilines is 4. The second kappa shape index (κ2) is 10.7. The fourth-order valence-corrected chi connectivity index (χ4v) is 4.68. The van der Waals surface area contributed by atoms with Crippen molar-refractivity contribution in [2.24, 2.45) is 0 Å². The summed E-state index contributed by atoms with van der Waals surface area (Å²) >= 11 is 0. The van der Waals surface area contributed by atoms with Crippen LogP contribution in [0.25, 0.3) is 0 Å². The molecule has 0 aliphatic carbocycles. The number of benzene rings is 3. The van der Waals surface area contributed by atoms with E-state index < -0.39 is 0 Å². The molecule has 2 nitrogen and oxygen atoms in total. The average Bonchev–Trinajstić information content (AvgIpc) is 2.76. The molecule has 0 fully saturated rings. The molecule has 0 spiro atoms. The summed E-state index contributed by atoms with van der Waals surface area (Å²) in [6, 6.07) is 18.0. The van der Waals surface area contributed by atoms with Crippen molar-refractivity contribution in [3.05, 3.63) is 81.9 Å². The molecule has 3 rings (SSSR count). The van der Waals surface area contributed by atoms with Gasteiger partial charge in [-0.25, -0.2) is 0 Å². The molecule has 0 aliphatic rings. The Hall–Kier alpha value is -2.74. The topological polar surface area (TPSA) is 24.1 Å². The summed E-state index contributed by atoms with van der Waals surface area (Å²) < 4.78 is 0. The lowest BCUT2D eigenvalue weighted by Gasteiger charge is -2.25. The largest absolute Gasteiger partial charge is 0.353 e. The minimum atomic E-state index is 0.443. The lowest BCUT2D eigenvalue weighted by Crippen LogP contribution is -2.08. The van der Waals surface area contributed by atoms with Crippen LogP contribution in [-0.4, -0.2) is 0 Å². The molecule has 2 heteroatoms. The summed E-state index contributed by atoms with van der Waals surface area (Å²) in [5, 5.41) is 7.79. The van der Waals surface area contributed by atoms with Gasteiger partial charge in [0.1, 0.15) is 0 Å². The summed E-state index contributed by atoms with van der Waals surface area (Å²) in [5.41, 5.74) is 12.8. The predicted octanol–water partition coefficient (Wildman–Crippen LogP) is 10.3. The van der Waals surface area contributed by atoms with E-state index in [2.05, 4.69) is 128 Å². The standard InChI is InChI=1S/C32H44N2/c1-19(2)25-13-11-14-26(20(3)4)31(25)33-29-17-23(9)24(10)18-30(29)34-32-27(21(5)6)15-12-16-28(32)22(7)8/h11-22,33-34H,1-10H3. The van der Waals surface area contributed by atoms with Gasteiger partial charge in [-0.2, -0.15) is 0 Å². The van der Waals surface area contributed by atoms with Crippen molar-refractivity contribution in [1.82, 2.24) is 0 Å². The Labute approximate surface area is 208 Å². The van der Waals surface area contributed by atoms with Crippen LogP contribution in [0.3, 0.4) is 0 Å². The zero-order chi connectivity index (χ0) is 25.2. The van der Waals surface area contributed by atoms with Gasteiger partial charge in [-0.3, -0.25) is 0 Å². The maximum absolute atomic E-state index is 3.90. The van der Waals surface area contributed by atoms with Gasteiger partial charge in [0.05, 0.1) is 11.4 Å². The van der Waals surface area contributed by atoms with Crippen molar-refractivity contribution in [3.63, 3.8) is 0 Å². The summed E-state index contributed by atoms with van der Waals surface area (Å²) in [7, 11) is 0. The highest BCUT2D eigenvalue weighted by atomic mass is 15.0. The molecule has 0 heterocycles. The van der Waals surface area contributed by atoms with Crippen LogP contribution < -0.4 is 10.6 Å². The predicted molar refractivity (Wildman–Crippen MR) is 152 cm³/mol. The molecular formula is C32H44N2. The molecule has 3 aromatic carbocycles. The molecule has 3 aromatic rings. The van der Waals surface area contributed by atoms with E-state index in [0.29, 0.717) is 23.7 Å². The van der Waals surface area contributed by atoms with Crippen LogP contribution in [0, 0.1) is 13.8 Å². The number of hydrogen-bond acceptors (Lipinski definition) is 2. The molecule has 0 radical (unpaired) electrons. The first-order valence-electron chi connectivity index (χ1n) is 12.9. The van der Waals surface area contributed by atoms with Gasteiger partial charge >= 0.3 is 0 Å². The van der Waals surface area contributed by atoms with E-state index in [-0.39, 0.29) is 0 Å². The Morgan fingerprint density at radius 1 is 0.471 bits per heavy atom. The van der Waals surface area contributed by atoms with E-state index in [1.165, 1.54) is 44.8 Å². The highest BCUT2D eigenvalue weighted by Crippen LogP contribution is 2.40. The summed E-state index contributed by atoms with van der Waals surface area (Å²) in [6.45, 7) is 22.6. The van der Waals surface area contributed by atoms with Crippen molar-refractivity contribution in [3.8, 4) is 0 Å². The van der Waals surface area contributed by atoms with E-state index in [1.807, 2.05) is 0 Å². The second-order valence-electron chi connectivity index (χ2n) is 11.0. The van der Waals surface area contributed by atoms with Crippen LogP contribution in [0.5, 0.6) is 0 Å². The molecular weight excluding hydrogens is 412 g/mol. The number of para-hydroxylation sites is 2. The highest BCUT2D eigenvalue weighted by molar-refractivity contribution is 5.83. The molecule has 0 bridgehead atoms. The van der Waals surface area contributed by atoms with Crippen LogP contribution in [0.15, 0.2) is 48.5 Å². The lowest BCUT2D eigenvalue weighted by atomic mass is 9.91. The van der Waals surface area contributed by atoms with E-state index in [0.717, 1.165) is 11.4 Å². The van der Waals surface area contributed by atoms with Crippen molar-refractivity contribution >= 4 is 22.7 Å². The third-order valence-corrected chi connectivity index (χ3v) is 6.90. The zero-order valence-corrected chi connectivity index (χ0v) is 22.9. The minimum Gasteiger partial charge on any atom is -0.353 e. The summed E-state index contributed by atoms with van der Waals surface area (Å²) in [5.74, 6) is 1.77. The van der Waals surface area contributed by atoms with Crippen molar-refractivity contribution in [2.75, 3.05) is 10.6 Å². The number of aryl methyl sites for hydroxylation is 2.